The first-order valence-corrected chi connectivity index (χ1v) is 8.97. The van der Waals surface area contributed by atoms with Crippen LogP contribution in [-0.2, 0) is 6.54 Å². The highest BCUT2D eigenvalue weighted by Gasteiger charge is 2.28. The predicted octanol–water partition coefficient (Wildman–Crippen LogP) is 3.39. The summed E-state index contributed by atoms with van der Waals surface area (Å²) in [5, 5.41) is 3.02. The summed E-state index contributed by atoms with van der Waals surface area (Å²) < 4.78 is 0. The molecule has 0 saturated carbocycles. The number of carbonyl (C=O) groups excluding carboxylic acids is 1. The van der Waals surface area contributed by atoms with Crippen LogP contribution in [0.25, 0.3) is 0 Å². The van der Waals surface area contributed by atoms with Crippen LogP contribution in [0.1, 0.15) is 22.7 Å². The molecule has 1 N–H and O–H groups in total. The van der Waals surface area contributed by atoms with Gasteiger partial charge in [0.1, 0.15) is 0 Å². The summed E-state index contributed by atoms with van der Waals surface area (Å²) in [6.45, 7) is 3.37. The molecular formula is C18H21N3OS. The maximum atomic E-state index is 12.6. The average molecular weight is 327 g/mol. The van der Waals surface area contributed by atoms with Gasteiger partial charge in [0.2, 0.25) is 0 Å². The van der Waals surface area contributed by atoms with Gasteiger partial charge in [0.05, 0.1) is 6.04 Å². The summed E-state index contributed by atoms with van der Waals surface area (Å²) in [4.78, 5) is 18.6. The standard InChI is InChI=1S/C18H21N3OS/c1-14-4-6-16(7-5-14)17-13-23-10-9-21(17)18(22)20-12-15-3-2-8-19-11-15/h2-8,11,17H,9-10,12-13H2,1H3,(H,20,22)/t17-/m1/s1. The van der Waals surface area contributed by atoms with E-state index < -0.39 is 0 Å². The van der Waals surface area contributed by atoms with Gasteiger partial charge in [-0.25, -0.2) is 4.79 Å². The van der Waals surface area contributed by atoms with Crippen LogP contribution in [-0.4, -0.2) is 34.0 Å². The minimum atomic E-state index is -0.000252. The Balaban J connectivity index is 1.68. The SMILES string of the molecule is Cc1ccc([C@H]2CSCCN2C(=O)NCc2cccnc2)cc1. The Labute approximate surface area is 141 Å². The van der Waals surface area contributed by atoms with Gasteiger partial charge in [-0.15, -0.1) is 0 Å². The van der Waals surface area contributed by atoms with Crippen LogP contribution in [0, 0.1) is 6.92 Å². The number of hydrogen-bond donors (Lipinski definition) is 1. The lowest BCUT2D eigenvalue weighted by atomic mass is 10.1. The van der Waals surface area contributed by atoms with Crippen molar-refractivity contribution in [1.29, 1.82) is 0 Å². The molecule has 1 aliphatic heterocycles. The van der Waals surface area contributed by atoms with Crippen molar-refractivity contribution in [3.63, 3.8) is 0 Å². The Kier molecular flexibility index (Phi) is 5.18. The number of pyridine rings is 1. The van der Waals surface area contributed by atoms with Crippen molar-refractivity contribution in [3.8, 4) is 0 Å². The van der Waals surface area contributed by atoms with Crippen LogP contribution in [0.5, 0.6) is 0 Å². The van der Waals surface area contributed by atoms with Crippen molar-refractivity contribution in [3.05, 3.63) is 65.5 Å². The van der Waals surface area contributed by atoms with Crippen LogP contribution in [0.15, 0.2) is 48.8 Å². The van der Waals surface area contributed by atoms with Crippen LogP contribution in [0.4, 0.5) is 4.79 Å². The molecule has 4 nitrogen and oxygen atoms in total. The molecule has 0 bridgehead atoms. The van der Waals surface area contributed by atoms with E-state index in [9.17, 15) is 4.79 Å². The smallest absolute Gasteiger partial charge is 0.318 e. The maximum absolute atomic E-state index is 12.6. The number of thioether (sulfide) groups is 1. The molecule has 1 fully saturated rings. The molecule has 1 atom stereocenters. The van der Waals surface area contributed by atoms with E-state index in [0.29, 0.717) is 6.54 Å². The van der Waals surface area contributed by atoms with Crippen molar-refractivity contribution in [2.45, 2.75) is 19.5 Å². The highest BCUT2D eigenvalue weighted by Crippen LogP contribution is 2.29. The molecule has 1 aromatic carbocycles. The Morgan fingerprint density at radius 3 is 2.91 bits per heavy atom. The molecule has 1 saturated heterocycles. The predicted molar refractivity (Wildman–Crippen MR) is 94.4 cm³/mol. The summed E-state index contributed by atoms with van der Waals surface area (Å²) in [5.74, 6) is 1.94. The molecule has 3 rings (SSSR count). The van der Waals surface area contributed by atoms with E-state index >= 15 is 0 Å². The molecule has 1 aliphatic rings. The van der Waals surface area contributed by atoms with Crippen molar-refractivity contribution in [2.75, 3.05) is 18.1 Å². The van der Waals surface area contributed by atoms with Crippen molar-refractivity contribution in [1.82, 2.24) is 15.2 Å². The first-order valence-electron chi connectivity index (χ1n) is 7.82. The Morgan fingerprint density at radius 1 is 1.35 bits per heavy atom. The number of hydrogen-bond acceptors (Lipinski definition) is 3. The van der Waals surface area contributed by atoms with E-state index in [2.05, 4.69) is 41.5 Å². The van der Waals surface area contributed by atoms with Gasteiger partial charge >= 0.3 is 6.03 Å². The summed E-state index contributed by atoms with van der Waals surface area (Å²) in [7, 11) is 0. The third-order valence-corrected chi connectivity index (χ3v) is 5.04. The molecule has 0 unspecified atom stereocenters. The minimum absolute atomic E-state index is 0.000252. The second-order valence-corrected chi connectivity index (χ2v) is 6.86. The fourth-order valence-electron chi connectivity index (χ4n) is 2.69. The molecule has 5 heteroatoms. The molecule has 2 heterocycles. The van der Waals surface area contributed by atoms with Gasteiger partial charge in [-0.3, -0.25) is 4.98 Å². The number of benzene rings is 1. The van der Waals surface area contributed by atoms with Gasteiger partial charge in [0, 0.05) is 37.0 Å². The van der Waals surface area contributed by atoms with Crippen LogP contribution < -0.4 is 5.32 Å². The van der Waals surface area contributed by atoms with Crippen LogP contribution in [0.2, 0.25) is 0 Å². The van der Waals surface area contributed by atoms with E-state index in [1.54, 1.807) is 12.4 Å². The first-order chi connectivity index (χ1) is 11.2. The number of carbonyl (C=O) groups is 1. The third-order valence-electron chi connectivity index (χ3n) is 4.02. The van der Waals surface area contributed by atoms with E-state index in [4.69, 9.17) is 0 Å². The monoisotopic (exact) mass is 327 g/mol. The largest absolute Gasteiger partial charge is 0.334 e. The Bertz CT molecular complexity index is 645. The van der Waals surface area contributed by atoms with Crippen molar-refractivity contribution in [2.24, 2.45) is 0 Å². The lowest BCUT2D eigenvalue weighted by Gasteiger charge is -2.35. The van der Waals surface area contributed by atoms with Gasteiger partial charge in [0.25, 0.3) is 0 Å². The molecule has 120 valence electrons. The first kappa shape index (κ1) is 15.9. The quantitative estimate of drug-likeness (QED) is 0.940. The van der Waals surface area contributed by atoms with Gasteiger partial charge in [-0.05, 0) is 24.1 Å². The number of urea groups is 1. The fourth-order valence-corrected chi connectivity index (χ4v) is 3.78. The third kappa shape index (κ3) is 4.05. The van der Waals surface area contributed by atoms with E-state index in [1.165, 1.54) is 11.1 Å². The van der Waals surface area contributed by atoms with Gasteiger partial charge < -0.3 is 10.2 Å². The average Bonchev–Trinajstić information content (AvgIpc) is 2.61. The highest BCUT2D eigenvalue weighted by molar-refractivity contribution is 7.99. The summed E-state index contributed by atoms with van der Waals surface area (Å²) in [6.07, 6.45) is 3.52. The lowest BCUT2D eigenvalue weighted by molar-refractivity contribution is 0.182. The number of aryl methyl sites for hydroxylation is 1. The van der Waals surface area contributed by atoms with Crippen molar-refractivity contribution < 1.29 is 4.79 Å². The highest BCUT2D eigenvalue weighted by atomic mass is 32.2. The lowest BCUT2D eigenvalue weighted by Crippen LogP contribution is -2.46. The summed E-state index contributed by atoms with van der Waals surface area (Å²) in [5.41, 5.74) is 3.46. The number of nitrogens with one attached hydrogen (secondary N) is 1. The van der Waals surface area contributed by atoms with E-state index in [1.807, 2.05) is 28.8 Å². The zero-order valence-corrected chi connectivity index (χ0v) is 14.1. The van der Waals surface area contributed by atoms with E-state index in [-0.39, 0.29) is 12.1 Å². The number of aromatic nitrogens is 1. The van der Waals surface area contributed by atoms with Gasteiger partial charge in [-0.2, -0.15) is 11.8 Å². The van der Waals surface area contributed by atoms with E-state index in [0.717, 1.165) is 23.6 Å². The number of amides is 2. The second kappa shape index (κ2) is 7.51. The molecule has 1 aromatic heterocycles. The van der Waals surface area contributed by atoms with Gasteiger partial charge in [-0.1, -0.05) is 35.9 Å². The van der Waals surface area contributed by atoms with Crippen molar-refractivity contribution >= 4 is 17.8 Å². The molecule has 2 aromatic rings. The number of rotatable bonds is 3. The zero-order chi connectivity index (χ0) is 16.1. The summed E-state index contributed by atoms with van der Waals surface area (Å²) in [6, 6.07) is 12.5. The molecule has 23 heavy (non-hydrogen) atoms. The zero-order valence-electron chi connectivity index (χ0n) is 13.2. The van der Waals surface area contributed by atoms with Crippen LogP contribution in [0.3, 0.4) is 0 Å². The summed E-state index contributed by atoms with van der Waals surface area (Å²) >= 11 is 1.91. The fraction of sp³-hybridized carbons (Fsp3) is 0.333. The Morgan fingerprint density at radius 2 is 2.17 bits per heavy atom. The topological polar surface area (TPSA) is 45.2 Å². The minimum Gasteiger partial charge on any atom is -0.334 e. The van der Waals surface area contributed by atoms with Crippen LogP contribution >= 0.6 is 11.8 Å². The molecule has 2 amide bonds. The molecule has 0 spiro atoms. The number of nitrogens with zero attached hydrogens (tertiary/aromatic N) is 2. The molecule has 0 aliphatic carbocycles. The maximum Gasteiger partial charge on any atom is 0.318 e. The molecular weight excluding hydrogens is 306 g/mol. The molecule has 0 radical (unpaired) electrons. The second-order valence-electron chi connectivity index (χ2n) is 5.71. The normalized spacial score (nSPS) is 17.8. The van der Waals surface area contributed by atoms with Gasteiger partial charge in [0.15, 0.2) is 0 Å². The Hall–Kier alpha value is -2.01.